The Morgan fingerprint density at radius 1 is 0.853 bits per heavy atom. The van der Waals surface area contributed by atoms with Gasteiger partial charge in [0.05, 0.1) is 11.3 Å². The maximum Gasteiger partial charge on any atom is 0.173 e. The number of phenolic OH excluding ortho intramolecular Hbond substituents is 1. The number of nitrogen functional groups attached to an aromatic ring is 1. The monoisotopic (exact) mass is 462 g/mol. The first kappa shape index (κ1) is 22.6. The van der Waals surface area contributed by atoms with Crippen LogP contribution in [0.4, 0.5) is 5.82 Å². The fourth-order valence-electron chi connectivity index (χ4n) is 3.52. The molecule has 0 saturated heterocycles. The number of aromatic nitrogens is 1. The second-order valence-corrected chi connectivity index (χ2v) is 8.32. The summed E-state index contributed by atoms with van der Waals surface area (Å²) in [4.78, 5) is 17.1. The molecule has 3 aromatic carbocycles. The van der Waals surface area contributed by atoms with E-state index in [4.69, 9.17) is 5.73 Å². The molecule has 0 radical (unpaired) electrons. The Morgan fingerprint density at radius 3 is 2.06 bits per heavy atom. The van der Waals surface area contributed by atoms with E-state index in [1.54, 1.807) is 24.3 Å². The van der Waals surface area contributed by atoms with Crippen molar-refractivity contribution in [1.29, 1.82) is 10.5 Å². The molecular formula is C27H18N4O2S. The third-order valence-electron chi connectivity index (χ3n) is 5.23. The number of carbonyl (C=O) groups is 1. The van der Waals surface area contributed by atoms with Crippen molar-refractivity contribution in [2.24, 2.45) is 0 Å². The first-order valence-electron chi connectivity index (χ1n) is 10.3. The van der Waals surface area contributed by atoms with Crippen molar-refractivity contribution in [3.8, 4) is 40.1 Å². The highest BCUT2D eigenvalue weighted by atomic mass is 32.2. The van der Waals surface area contributed by atoms with Gasteiger partial charge in [-0.05, 0) is 28.8 Å². The summed E-state index contributed by atoms with van der Waals surface area (Å²) < 4.78 is 0. The van der Waals surface area contributed by atoms with Gasteiger partial charge in [0.2, 0.25) is 0 Å². The van der Waals surface area contributed by atoms with Crippen LogP contribution in [0.25, 0.3) is 22.3 Å². The van der Waals surface area contributed by atoms with Gasteiger partial charge in [0.1, 0.15) is 34.3 Å². The number of nitrogens with two attached hydrogens (primary N) is 1. The fourth-order valence-corrected chi connectivity index (χ4v) is 4.41. The molecule has 7 heteroatoms. The highest BCUT2D eigenvalue weighted by molar-refractivity contribution is 8.00. The van der Waals surface area contributed by atoms with Gasteiger partial charge in [-0.25, -0.2) is 4.98 Å². The molecular weight excluding hydrogens is 444 g/mol. The Kier molecular flexibility index (Phi) is 6.59. The van der Waals surface area contributed by atoms with Crippen LogP contribution in [0.3, 0.4) is 0 Å². The lowest BCUT2D eigenvalue weighted by molar-refractivity contribution is 0.102. The van der Waals surface area contributed by atoms with Crippen LogP contribution in [0, 0.1) is 22.7 Å². The van der Waals surface area contributed by atoms with E-state index in [9.17, 15) is 20.4 Å². The first-order valence-corrected chi connectivity index (χ1v) is 11.2. The molecule has 164 valence electrons. The number of nitriles is 2. The van der Waals surface area contributed by atoms with Gasteiger partial charge in [-0.1, -0.05) is 78.5 Å². The van der Waals surface area contributed by atoms with E-state index in [0.717, 1.165) is 22.9 Å². The molecule has 0 saturated carbocycles. The molecule has 0 bridgehead atoms. The third kappa shape index (κ3) is 4.61. The van der Waals surface area contributed by atoms with Crippen LogP contribution in [0.5, 0.6) is 5.75 Å². The maximum atomic E-state index is 12.8. The molecule has 1 heterocycles. The maximum absolute atomic E-state index is 12.8. The third-order valence-corrected chi connectivity index (χ3v) is 6.20. The summed E-state index contributed by atoms with van der Waals surface area (Å²) in [6.45, 7) is 0. The van der Waals surface area contributed by atoms with Gasteiger partial charge in [-0.15, -0.1) is 0 Å². The van der Waals surface area contributed by atoms with E-state index in [1.807, 2.05) is 48.5 Å². The number of benzene rings is 3. The molecule has 34 heavy (non-hydrogen) atoms. The molecule has 0 aliphatic rings. The SMILES string of the molecule is N#Cc1c(N)nc(SCC(=O)c2ccc(-c3ccccc3)cc2)c(C#N)c1-c1ccc(O)cc1. The van der Waals surface area contributed by atoms with Crippen LogP contribution in [-0.4, -0.2) is 21.6 Å². The topological polar surface area (TPSA) is 124 Å². The van der Waals surface area contributed by atoms with Gasteiger partial charge in [-0.2, -0.15) is 10.5 Å². The number of aromatic hydroxyl groups is 1. The minimum atomic E-state index is -0.121. The predicted molar refractivity (Wildman–Crippen MR) is 132 cm³/mol. The van der Waals surface area contributed by atoms with Crippen LogP contribution in [0.15, 0.2) is 83.9 Å². The van der Waals surface area contributed by atoms with Crippen LogP contribution in [0.1, 0.15) is 21.5 Å². The van der Waals surface area contributed by atoms with E-state index in [2.05, 4.69) is 11.1 Å². The number of carbonyl (C=O) groups excluding carboxylic acids is 1. The zero-order valence-corrected chi connectivity index (χ0v) is 18.7. The van der Waals surface area contributed by atoms with Crippen LogP contribution >= 0.6 is 11.8 Å². The summed E-state index contributed by atoms with van der Waals surface area (Å²) in [6.07, 6.45) is 0. The zero-order valence-electron chi connectivity index (χ0n) is 17.9. The molecule has 4 aromatic rings. The molecule has 0 aliphatic heterocycles. The molecule has 6 nitrogen and oxygen atoms in total. The Hall–Kier alpha value is -4.59. The van der Waals surface area contributed by atoms with E-state index in [0.29, 0.717) is 16.7 Å². The van der Waals surface area contributed by atoms with Crippen molar-refractivity contribution in [2.45, 2.75) is 5.03 Å². The number of thioether (sulfide) groups is 1. The number of rotatable bonds is 6. The predicted octanol–water partition coefficient (Wildman–Crippen LogP) is 5.42. The van der Waals surface area contributed by atoms with Crippen molar-refractivity contribution in [1.82, 2.24) is 4.98 Å². The Bertz CT molecular complexity index is 1440. The zero-order chi connectivity index (χ0) is 24.1. The van der Waals surface area contributed by atoms with Crippen molar-refractivity contribution < 1.29 is 9.90 Å². The average Bonchev–Trinajstić information content (AvgIpc) is 2.88. The number of hydrogen-bond acceptors (Lipinski definition) is 7. The second-order valence-electron chi connectivity index (χ2n) is 7.35. The summed E-state index contributed by atoms with van der Waals surface area (Å²) in [5.74, 6) is -0.0374. The summed E-state index contributed by atoms with van der Waals surface area (Å²) in [7, 11) is 0. The van der Waals surface area contributed by atoms with Crippen LogP contribution in [-0.2, 0) is 0 Å². The molecule has 3 N–H and O–H groups in total. The van der Waals surface area contributed by atoms with Crippen molar-refractivity contribution in [2.75, 3.05) is 11.5 Å². The Labute approximate surface area is 200 Å². The number of nitrogens with zero attached hydrogens (tertiary/aromatic N) is 3. The molecule has 0 amide bonds. The van der Waals surface area contributed by atoms with E-state index >= 15 is 0 Å². The van der Waals surface area contributed by atoms with Crippen LogP contribution < -0.4 is 5.73 Å². The van der Waals surface area contributed by atoms with Crippen molar-refractivity contribution in [3.63, 3.8) is 0 Å². The fraction of sp³-hybridized carbons (Fsp3) is 0.0370. The van der Waals surface area contributed by atoms with Gasteiger partial charge in [0, 0.05) is 11.1 Å². The Balaban J connectivity index is 1.61. The second kappa shape index (κ2) is 9.91. The van der Waals surface area contributed by atoms with Crippen molar-refractivity contribution in [3.05, 3.63) is 95.6 Å². The highest BCUT2D eigenvalue weighted by Gasteiger charge is 2.21. The molecule has 0 spiro atoms. The standard InChI is InChI=1S/C27H18N4O2S/c28-14-22-25(20-10-12-21(32)13-11-20)23(15-29)27(31-26(22)30)34-16-24(33)19-8-6-18(7-9-19)17-4-2-1-3-5-17/h1-13,32H,16H2,(H2,30,31). The van der Waals surface area contributed by atoms with Gasteiger partial charge in [0.15, 0.2) is 5.78 Å². The highest BCUT2D eigenvalue weighted by Crippen LogP contribution is 2.36. The smallest absolute Gasteiger partial charge is 0.173 e. The largest absolute Gasteiger partial charge is 0.508 e. The lowest BCUT2D eigenvalue weighted by atomic mass is 9.97. The van der Waals surface area contributed by atoms with E-state index in [-0.39, 0.29) is 39.3 Å². The number of Topliss-reactive ketones (excluding diaryl/α,β-unsaturated/α-hetero) is 1. The number of ketones is 1. The molecule has 0 atom stereocenters. The molecule has 0 fully saturated rings. The minimum absolute atomic E-state index is 0.0215. The first-order chi connectivity index (χ1) is 16.5. The quantitative estimate of drug-likeness (QED) is 0.289. The molecule has 4 rings (SSSR count). The van der Waals surface area contributed by atoms with Gasteiger partial charge in [0.25, 0.3) is 0 Å². The summed E-state index contributed by atoms with van der Waals surface area (Å²) in [6, 6.07) is 27.5. The molecule has 1 aromatic heterocycles. The number of anilines is 1. The molecule has 0 unspecified atom stereocenters. The summed E-state index contributed by atoms with van der Waals surface area (Å²) >= 11 is 1.10. The number of pyridine rings is 1. The van der Waals surface area contributed by atoms with E-state index in [1.165, 1.54) is 12.1 Å². The number of hydrogen-bond donors (Lipinski definition) is 2. The summed E-state index contributed by atoms with van der Waals surface area (Å²) in [5, 5.41) is 29.3. The van der Waals surface area contributed by atoms with Gasteiger partial charge < -0.3 is 10.8 Å². The molecule has 0 aliphatic carbocycles. The Morgan fingerprint density at radius 2 is 1.44 bits per heavy atom. The number of phenols is 1. The normalized spacial score (nSPS) is 10.3. The minimum Gasteiger partial charge on any atom is -0.508 e. The van der Waals surface area contributed by atoms with Gasteiger partial charge in [-0.3, -0.25) is 4.79 Å². The summed E-state index contributed by atoms with van der Waals surface area (Å²) in [5.41, 5.74) is 9.76. The lowest BCUT2D eigenvalue weighted by Gasteiger charge is -2.13. The van der Waals surface area contributed by atoms with E-state index < -0.39 is 0 Å². The van der Waals surface area contributed by atoms with Crippen LogP contribution in [0.2, 0.25) is 0 Å². The lowest BCUT2D eigenvalue weighted by Crippen LogP contribution is -2.06. The van der Waals surface area contributed by atoms with Gasteiger partial charge >= 0.3 is 0 Å². The average molecular weight is 463 g/mol. The van der Waals surface area contributed by atoms with Crippen molar-refractivity contribution >= 4 is 23.4 Å².